The molecule has 1 fully saturated rings. The Hall–Kier alpha value is -4.08. The topological polar surface area (TPSA) is 114 Å². The molecule has 0 aliphatic carbocycles. The van der Waals surface area contributed by atoms with Crippen LogP contribution in [0.3, 0.4) is 0 Å². The molecule has 10 nitrogen and oxygen atoms in total. The fraction of sp³-hybridized carbons (Fsp3) is 0.500. The Bertz CT molecular complexity index is 1100. The molecule has 3 rings (SSSR count). The number of aliphatic carboxylic acids is 1. The van der Waals surface area contributed by atoms with E-state index in [1.54, 1.807) is 9.80 Å². The lowest BCUT2D eigenvalue weighted by Crippen LogP contribution is -2.64. The van der Waals surface area contributed by atoms with Crippen LogP contribution in [0.25, 0.3) is 0 Å². The van der Waals surface area contributed by atoms with E-state index >= 15 is 0 Å². The van der Waals surface area contributed by atoms with E-state index in [-0.39, 0.29) is 38.1 Å². The Kier molecular flexibility index (Phi) is 13.1. The van der Waals surface area contributed by atoms with E-state index in [1.807, 2.05) is 65.6 Å². The van der Waals surface area contributed by atoms with Crippen LogP contribution in [0.4, 0.5) is 21.0 Å². The number of para-hydroxylation sites is 2. The van der Waals surface area contributed by atoms with Crippen molar-refractivity contribution in [1.82, 2.24) is 20.0 Å². The van der Waals surface area contributed by atoms with Crippen molar-refractivity contribution in [3.05, 3.63) is 60.7 Å². The van der Waals surface area contributed by atoms with E-state index in [2.05, 4.69) is 19.2 Å². The quantitative estimate of drug-likeness (QED) is 0.294. The van der Waals surface area contributed by atoms with Crippen LogP contribution in [0.15, 0.2) is 60.7 Å². The van der Waals surface area contributed by atoms with Crippen molar-refractivity contribution in [2.24, 2.45) is 0 Å². The fourth-order valence-electron chi connectivity index (χ4n) is 5.08. The summed E-state index contributed by atoms with van der Waals surface area (Å²) in [7, 11) is 0. The van der Waals surface area contributed by atoms with Gasteiger partial charge in [0.15, 0.2) is 0 Å². The third kappa shape index (κ3) is 9.22. The monoisotopic (exact) mass is 579 g/mol. The molecular formula is C32H45N5O5. The lowest BCUT2D eigenvalue weighted by molar-refractivity contribution is -0.137. The number of benzene rings is 2. The molecule has 2 aromatic rings. The predicted octanol–water partition coefficient (Wildman–Crippen LogP) is 5.32. The van der Waals surface area contributed by atoms with Crippen LogP contribution in [-0.2, 0) is 9.59 Å². The zero-order valence-electron chi connectivity index (χ0n) is 24.9. The Morgan fingerprint density at radius 3 is 1.86 bits per heavy atom. The summed E-state index contributed by atoms with van der Waals surface area (Å²) in [5.74, 6) is -1.51. The molecule has 0 saturated carbocycles. The normalized spacial score (nSPS) is 14.8. The molecule has 1 aliphatic rings. The van der Waals surface area contributed by atoms with Gasteiger partial charge in [0.25, 0.3) is 0 Å². The molecule has 1 saturated heterocycles. The smallest absolute Gasteiger partial charge is 0.329 e. The number of carbonyl (C=O) groups excluding carboxylic acids is 3. The zero-order valence-corrected chi connectivity index (χ0v) is 24.9. The molecule has 1 atom stereocenters. The highest BCUT2D eigenvalue weighted by molar-refractivity contribution is 6.01. The highest BCUT2D eigenvalue weighted by Gasteiger charge is 2.40. The number of unbranched alkanes of at least 4 members (excludes halogenated alkanes) is 4. The summed E-state index contributed by atoms with van der Waals surface area (Å²) >= 11 is 0. The summed E-state index contributed by atoms with van der Waals surface area (Å²) in [6.45, 7) is 5.97. The highest BCUT2D eigenvalue weighted by Crippen LogP contribution is 2.28. The van der Waals surface area contributed by atoms with Crippen molar-refractivity contribution in [3.63, 3.8) is 0 Å². The number of carbonyl (C=O) groups is 4. The van der Waals surface area contributed by atoms with E-state index in [4.69, 9.17) is 5.11 Å². The van der Waals surface area contributed by atoms with E-state index in [1.165, 1.54) is 4.90 Å². The van der Waals surface area contributed by atoms with Gasteiger partial charge in [-0.05, 0) is 37.1 Å². The first-order chi connectivity index (χ1) is 20.4. The molecule has 5 amide bonds. The molecule has 1 unspecified atom stereocenters. The molecule has 10 heteroatoms. The number of nitrogens with zero attached hydrogens (tertiary/aromatic N) is 4. The summed E-state index contributed by atoms with van der Waals surface area (Å²) in [6.07, 6.45) is 5.75. The highest BCUT2D eigenvalue weighted by atomic mass is 16.4. The van der Waals surface area contributed by atoms with Crippen molar-refractivity contribution >= 4 is 35.3 Å². The maximum Gasteiger partial charge on any atom is 0.329 e. The van der Waals surface area contributed by atoms with Gasteiger partial charge in [-0.2, -0.15) is 0 Å². The molecule has 0 aromatic heterocycles. The third-order valence-corrected chi connectivity index (χ3v) is 7.39. The van der Waals surface area contributed by atoms with E-state index in [0.29, 0.717) is 31.0 Å². The minimum absolute atomic E-state index is 0.0267. The zero-order chi connectivity index (χ0) is 30.3. The van der Waals surface area contributed by atoms with Crippen molar-refractivity contribution in [2.45, 2.75) is 64.8 Å². The van der Waals surface area contributed by atoms with Gasteiger partial charge in [0.1, 0.15) is 6.04 Å². The molecular weight excluding hydrogens is 534 g/mol. The minimum atomic E-state index is -1.03. The fourth-order valence-corrected chi connectivity index (χ4v) is 5.08. The van der Waals surface area contributed by atoms with Gasteiger partial charge in [0, 0.05) is 32.7 Å². The van der Waals surface area contributed by atoms with Gasteiger partial charge in [0.05, 0.1) is 24.3 Å². The Labute approximate surface area is 249 Å². The summed E-state index contributed by atoms with van der Waals surface area (Å²) < 4.78 is 0. The standard InChI is InChI=1S/C32H45N5O5/c1-3-5-13-21-34(22-14-6-4-2)31(41)35-23-24-36(28(25-35)30(40)33-20-19-29(38)39)32(42)37(26-15-9-7-10-16-26)27-17-11-8-12-18-27/h7-12,15-18,28H,3-6,13-14,19-25H2,1-2H3,(H,33,40)(H,38,39). The van der Waals surface area contributed by atoms with Gasteiger partial charge < -0.3 is 25.1 Å². The van der Waals surface area contributed by atoms with Crippen LogP contribution in [0, 0.1) is 0 Å². The Morgan fingerprint density at radius 2 is 1.36 bits per heavy atom. The van der Waals surface area contributed by atoms with Gasteiger partial charge in [-0.15, -0.1) is 0 Å². The van der Waals surface area contributed by atoms with E-state index < -0.39 is 17.9 Å². The summed E-state index contributed by atoms with van der Waals surface area (Å²) in [5, 5.41) is 11.7. The number of carboxylic acid groups (broad SMARTS) is 1. The first kappa shape index (κ1) is 32.4. The SMILES string of the molecule is CCCCCN(CCCCC)C(=O)N1CCN(C(=O)N(c2ccccc2)c2ccccc2)C(C(=O)NCCC(=O)O)C1. The van der Waals surface area contributed by atoms with Crippen LogP contribution in [0.1, 0.15) is 58.8 Å². The predicted molar refractivity (Wildman–Crippen MR) is 164 cm³/mol. The van der Waals surface area contributed by atoms with Crippen molar-refractivity contribution < 1.29 is 24.3 Å². The molecule has 2 aromatic carbocycles. The number of urea groups is 2. The molecule has 0 bridgehead atoms. The van der Waals surface area contributed by atoms with Crippen molar-refractivity contribution in [3.8, 4) is 0 Å². The number of amides is 5. The number of rotatable bonds is 14. The van der Waals surface area contributed by atoms with Crippen LogP contribution in [0.2, 0.25) is 0 Å². The molecule has 42 heavy (non-hydrogen) atoms. The second-order valence-electron chi connectivity index (χ2n) is 10.6. The summed E-state index contributed by atoms with van der Waals surface area (Å²) in [5.41, 5.74) is 1.30. The molecule has 0 radical (unpaired) electrons. The number of carboxylic acids is 1. The second kappa shape index (κ2) is 17.0. The van der Waals surface area contributed by atoms with E-state index in [9.17, 15) is 19.2 Å². The third-order valence-electron chi connectivity index (χ3n) is 7.39. The molecule has 1 heterocycles. The summed E-state index contributed by atoms with van der Waals surface area (Å²) in [6, 6.07) is 16.9. The number of hydrogen-bond donors (Lipinski definition) is 2. The van der Waals surface area contributed by atoms with Gasteiger partial charge >= 0.3 is 18.0 Å². The van der Waals surface area contributed by atoms with Crippen LogP contribution >= 0.6 is 0 Å². The van der Waals surface area contributed by atoms with Gasteiger partial charge in [-0.25, -0.2) is 9.59 Å². The minimum Gasteiger partial charge on any atom is -0.481 e. The molecule has 0 spiro atoms. The number of hydrogen-bond acceptors (Lipinski definition) is 4. The van der Waals surface area contributed by atoms with Crippen LogP contribution < -0.4 is 10.2 Å². The number of nitrogens with one attached hydrogen (secondary N) is 1. The lowest BCUT2D eigenvalue weighted by Gasteiger charge is -2.43. The number of piperazine rings is 1. The largest absolute Gasteiger partial charge is 0.481 e. The average Bonchev–Trinajstić information content (AvgIpc) is 3.00. The average molecular weight is 580 g/mol. The van der Waals surface area contributed by atoms with Crippen LogP contribution in [-0.4, -0.2) is 89.1 Å². The first-order valence-corrected chi connectivity index (χ1v) is 15.1. The van der Waals surface area contributed by atoms with Gasteiger partial charge in [-0.1, -0.05) is 75.9 Å². The Balaban J connectivity index is 1.88. The van der Waals surface area contributed by atoms with E-state index in [0.717, 1.165) is 38.5 Å². The van der Waals surface area contributed by atoms with Crippen molar-refractivity contribution in [2.75, 3.05) is 44.2 Å². The van der Waals surface area contributed by atoms with Crippen molar-refractivity contribution in [1.29, 1.82) is 0 Å². The molecule has 1 aliphatic heterocycles. The van der Waals surface area contributed by atoms with Gasteiger partial charge in [-0.3, -0.25) is 14.5 Å². The molecule has 228 valence electrons. The second-order valence-corrected chi connectivity index (χ2v) is 10.6. The Morgan fingerprint density at radius 1 is 0.810 bits per heavy atom. The van der Waals surface area contributed by atoms with Gasteiger partial charge in [0.2, 0.25) is 5.91 Å². The first-order valence-electron chi connectivity index (χ1n) is 15.1. The maximum atomic E-state index is 14.2. The maximum absolute atomic E-state index is 14.2. The van der Waals surface area contributed by atoms with Crippen LogP contribution in [0.5, 0.6) is 0 Å². The molecule has 2 N–H and O–H groups in total. The summed E-state index contributed by atoms with van der Waals surface area (Å²) in [4.78, 5) is 59.1. The lowest BCUT2D eigenvalue weighted by atomic mass is 10.1. The number of anilines is 2.